The van der Waals surface area contributed by atoms with Gasteiger partial charge in [-0.05, 0) is 37.5 Å². The van der Waals surface area contributed by atoms with Gasteiger partial charge in [0.1, 0.15) is 6.61 Å². The summed E-state index contributed by atoms with van der Waals surface area (Å²) in [6, 6.07) is 0. The molecule has 39 heavy (non-hydrogen) atoms. The fraction of sp³-hybridized carbons (Fsp3) is 0.903. The van der Waals surface area contributed by atoms with Crippen LogP contribution in [-0.2, 0) is 14.3 Å². The molecule has 0 amide bonds. The molecular formula is C31H60O8. The highest BCUT2D eigenvalue weighted by Gasteiger charge is 2.34. The molecule has 0 bridgehead atoms. The summed E-state index contributed by atoms with van der Waals surface area (Å²) in [6.07, 6.45) is 13.1. The molecule has 0 aliphatic heterocycles. The van der Waals surface area contributed by atoms with Gasteiger partial charge in [0, 0.05) is 0 Å². The third kappa shape index (κ3) is 17.4. The number of hydrogen-bond donors (Lipinski definition) is 5. The summed E-state index contributed by atoms with van der Waals surface area (Å²) in [5.41, 5.74) is -1.30. The molecule has 232 valence electrons. The Bertz CT molecular complexity index is 632. The number of allylic oxidation sites excluding steroid dienone is 1. The second kappa shape index (κ2) is 21.7. The Morgan fingerprint density at radius 1 is 0.692 bits per heavy atom. The number of aliphatic hydroxyl groups excluding tert-OH is 5. The van der Waals surface area contributed by atoms with Crippen LogP contribution in [0, 0.1) is 28.6 Å². The summed E-state index contributed by atoms with van der Waals surface area (Å²) < 4.78 is 10.8. The van der Waals surface area contributed by atoms with Crippen LogP contribution in [0.25, 0.3) is 0 Å². The molecule has 0 fully saturated rings. The highest BCUT2D eigenvalue weighted by Crippen LogP contribution is 2.23. The highest BCUT2D eigenvalue weighted by atomic mass is 16.5. The molecule has 0 saturated heterocycles. The molecule has 0 aliphatic rings. The summed E-state index contributed by atoms with van der Waals surface area (Å²) in [7, 11) is 0. The minimum Gasteiger partial charge on any atom is -0.465 e. The van der Waals surface area contributed by atoms with Gasteiger partial charge in [0.05, 0.1) is 63.5 Å². The van der Waals surface area contributed by atoms with E-state index in [0.717, 1.165) is 30.3 Å². The lowest BCUT2D eigenvalue weighted by Crippen LogP contribution is -2.44. The largest absolute Gasteiger partial charge is 0.465 e. The maximum absolute atomic E-state index is 12.3. The van der Waals surface area contributed by atoms with Gasteiger partial charge < -0.3 is 35.0 Å². The Balaban J connectivity index is 4.31. The molecule has 0 aromatic carbocycles. The van der Waals surface area contributed by atoms with E-state index in [4.69, 9.17) is 9.47 Å². The molecule has 0 aliphatic carbocycles. The lowest BCUT2D eigenvalue weighted by molar-refractivity contribution is -0.153. The SMILES string of the molecule is CC(=CCC(=O)OCC(CO)(CO)COCC(CO)(CO)CO)CCCC(C)CCCC(C)CCCC(C)C. The zero-order chi connectivity index (χ0) is 29.7. The summed E-state index contributed by atoms with van der Waals surface area (Å²) in [6.45, 7) is 8.33. The zero-order valence-electron chi connectivity index (χ0n) is 25.5. The van der Waals surface area contributed by atoms with Crippen molar-refractivity contribution < 1.29 is 39.8 Å². The maximum Gasteiger partial charge on any atom is 0.309 e. The number of carbonyl (C=O) groups excluding carboxylic acids is 1. The van der Waals surface area contributed by atoms with Gasteiger partial charge in [-0.15, -0.1) is 0 Å². The summed E-state index contributed by atoms with van der Waals surface area (Å²) in [5.74, 6) is 1.87. The molecule has 8 heteroatoms. The molecule has 8 nitrogen and oxygen atoms in total. The van der Waals surface area contributed by atoms with Crippen molar-refractivity contribution in [3.8, 4) is 0 Å². The summed E-state index contributed by atoms with van der Waals surface area (Å²) in [5, 5.41) is 47.8. The predicted octanol–water partition coefficient (Wildman–Crippen LogP) is 4.26. The van der Waals surface area contributed by atoms with Gasteiger partial charge in [-0.3, -0.25) is 4.79 Å². The molecule has 0 aromatic rings. The van der Waals surface area contributed by atoms with Gasteiger partial charge in [-0.25, -0.2) is 0 Å². The average Bonchev–Trinajstić information content (AvgIpc) is 2.92. The first kappa shape index (κ1) is 38.0. The molecule has 0 aromatic heterocycles. The first-order valence-electron chi connectivity index (χ1n) is 14.9. The average molecular weight is 561 g/mol. The van der Waals surface area contributed by atoms with E-state index in [0.29, 0.717) is 5.92 Å². The van der Waals surface area contributed by atoms with Gasteiger partial charge in [0.15, 0.2) is 0 Å². The molecule has 2 unspecified atom stereocenters. The van der Waals surface area contributed by atoms with Crippen molar-refractivity contribution in [2.24, 2.45) is 28.6 Å². The van der Waals surface area contributed by atoms with E-state index >= 15 is 0 Å². The van der Waals surface area contributed by atoms with Gasteiger partial charge in [0.25, 0.3) is 0 Å². The van der Waals surface area contributed by atoms with Crippen LogP contribution in [0.3, 0.4) is 0 Å². The van der Waals surface area contributed by atoms with E-state index in [1.807, 2.05) is 13.0 Å². The fourth-order valence-corrected chi connectivity index (χ4v) is 4.40. The van der Waals surface area contributed by atoms with Crippen molar-refractivity contribution in [2.75, 3.05) is 52.9 Å². The monoisotopic (exact) mass is 560 g/mol. The molecule has 0 saturated carbocycles. The molecule has 0 radical (unpaired) electrons. The normalized spacial score (nSPS) is 14.6. The predicted molar refractivity (Wildman–Crippen MR) is 155 cm³/mol. The molecule has 0 rings (SSSR count). The van der Waals surface area contributed by atoms with E-state index in [1.54, 1.807) is 0 Å². The molecule has 0 spiro atoms. The van der Waals surface area contributed by atoms with Crippen molar-refractivity contribution >= 4 is 5.97 Å². The number of carbonyl (C=O) groups is 1. The summed E-state index contributed by atoms with van der Waals surface area (Å²) in [4.78, 5) is 12.3. The van der Waals surface area contributed by atoms with Crippen LogP contribution in [0.15, 0.2) is 11.6 Å². The molecule has 2 atom stereocenters. The van der Waals surface area contributed by atoms with Crippen LogP contribution in [0.2, 0.25) is 0 Å². The molecule has 0 heterocycles. The zero-order valence-corrected chi connectivity index (χ0v) is 25.5. The van der Waals surface area contributed by atoms with E-state index < -0.39 is 49.8 Å². The maximum atomic E-state index is 12.3. The Labute approximate surface area is 237 Å². The topological polar surface area (TPSA) is 137 Å². The first-order valence-corrected chi connectivity index (χ1v) is 14.9. The number of rotatable bonds is 25. The van der Waals surface area contributed by atoms with Crippen LogP contribution in [-0.4, -0.2) is 84.4 Å². The van der Waals surface area contributed by atoms with Gasteiger partial charge in [0.2, 0.25) is 0 Å². The van der Waals surface area contributed by atoms with Gasteiger partial charge in [-0.1, -0.05) is 84.3 Å². The van der Waals surface area contributed by atoms with Crippen LogP contribution >= 0.6 is 0 Å². The van der Waals surface area contributed by atoms with Gasteiger partial charge in [-0.2, -0.15) is 0 Å². The summed E-state index contributed by atoms with van der Waals surface area (Å²) >= 11 is 0. The van der Waals surface area contributed by atoms with Crippen molar-refractivity contribution in [1.82, 2.24) is 0 Å². The van der Waals surface area contributed by atoms with Crippen LogP contribution in [0.5, 0.6) is 0 Å². The first-order chi connectivity index (χ1) is 18.5. The van der Waals surface area contributed by atoms with Crippen molar-refractivity contribution in [3.05, 3.63) is 11.6 Å². The number of ether oxygens (including phenoxy) is 2. The van der Waals surface area contributed by atoms with Gasteiger partial charge >= 0.3 is 5.97 Å². The number of aliphatic hydroxyl groups is 5. The van der Waals surface area contributed by atoms with E-state index in [2.05, 4.69) is 27.7 Å². The molecular weight excluding hydrogens is 500 g/mol. The van der Waals surface area contributed by atoms with E-state index in [1.165, 1.54) is 44.9 Å². The standard InChI is InChI=1S/C31H60O8/c1-25(2)9-6-10-26(3)11-7-12-27(4)13-8-14-28(5)15-16-29(37)39-24-31(20-35,21-36)23-38-22-30(17-32,18-33)19-34/h15,25-27,32-36H,6-14,16-24H2,1-5H3. The molecule has 5 N–H and O–H groups in total. The lowest BCUT2D eigenvalue weighted by atomic mass is 9.90. The Hall–Kier alpha value is -1.03. The van der Waals surface area contributed by atoms with Crippen molar-refractivity contribution in [3.63, 3.8) is 0 Å². The second-order valence-corrected chi connectivity index (χ2v) is 12.6. The Morgan fingerprint density at radius 3 is 1.64 bits per heavy atom. The fourth-order valence-electron chi connectivity index (χ4n) is 4.40. The van der Waals surface area contributed by atoms with Crippen molar-refractivity contribution in [1.29, 1.82) is 0 Å². The quantitative estimate of drug-likeness (QED) is 0.0825. The number of esters is 1. The van der Waals surface area contributed by atoms with E-state index in [9.17, 15) is 30.3 Å². The van der Waals surface area contributed by atoms with E-state index in [-0.39, 0.29) is 26.2 Å². The van der Waals surface area contributed by atoms with Crippen molar-refractivity contribution in [2.45, 2.75) is 98.8 Å². The lowest BCUT2D eigenvalue weighted by Gasteiger charge is -2.32. The van der Waals surface area contributed by atoms with Crippen LogP contribution in [0.1, 0.15) is 98.8 Å². The minimum atomic E-state index is -1.22. The third-order valence-corrected chi connectivity index (χ3v) is 7.79. The Kier molecular flexibility index (Phi) is 21.1. The smallest absolute Gasteiger partial charge is 0.309 e. The third-order valence-electron chi connectivity index (χ3n) is 7.79. The Morgan fingerprint density at radius 2 is 1.15 bits per heavy atom. The number of hydrogen-bond acceptors (Lipinski definition) is 8. The van der Waals surface area contributed by atoms with Crippen LogP contribution in [0.4, 0.5) is 0 Å². The second-order valence-electron chi connectivity index (χ2n) is 12.6. The van der Waals surface area contributed by atoms with Crippen LogP contribution < -0.4 is 0 Å². The highest BCUT2D eigenvalue weighted by molar-refractivity contribution is 5.71. The minimum absolute atomic E-state index is 0.118.